The molecule has 1 amide bonds. The summed E-state index contributed by atoms with van der Waals surface area (Å²) in [5.41, 5.74) is 2.92. The van der Waals surface area contributed by atoms with Gasteiger partial charge in [0.1, 0.15) is 5.82 Å². The summed E-state index contributed by atoms with van der Waals surface area (Å²) < 4.78 is 1.69. The van der Waals surface area contributed by atoms with Gasteiger partial charge in [-0.2, -0.15) is 9.78 Å². The maximum absolute atomic E-state index is 12.5. The number of aryl methyl sites for hydroxylation is 1. The summed E-state index contributed by atoms with van der Waals surface area (Å²) in [6, 6.07) is 11.5. The van der Waals surface area contributed by atoms with Crippen LogP contribution in [0.15, 0.2) is 36.4 Å². The molecule has 0 spiro atoms. The van der Waals surface area contributed by atoms with Crippen LogP contribution in [0.3, 0.4) is 0 Å². The molecule has 0 saturated carbocycles. The van der Waals surface area contributed by atoms with Crippen LogP contribution >= 0.6 is 11.6 Å². The highest BCUT2D eigenvalue weighted by molar-refractivity contribution is 6.30. The summed E-state index contributed by atoms with van der Waals surface area (Å²) in [5, 5.41) is 17.1. The smallest absolute Gasteiger partial charge is 0.226 e. The molecule has 3 aromatic rings. The molecule has 7 nitrogen and oxygen atoms in total. The first kappa shape index (κ1) is 18.1. The van der Waals surface area contributed by atoms with E-state index in [1.807, 2.05) is 43.3 Å². The SMILES string of the molecule is Cc1nn(-c2ccc(N3CCCC3)nn2)c2c1[C@@H](c1ccc(Cl)cc1)CC(=O)N2. The molecule has 1 atom stereocenters. The number of fused-ring (bicyclic) bond motifs is 1. The molecule has 8 heteroatoms. The molecule has 148 valence electrons. The van der Waals surface area contributed by atoms with Crippen LogP contribution in [0, 0.1) is 6.92 Å². The Morgan fingerprint density at radius 2 is 1.72 bits per heavy atom. The molecular formula is C21H21ClN6O. The molecule has 1 aromatic carbocycles. The van der Waals surface area contributed by atoms with Gasteiger partial charge in [-0.05, 0) is 49.6 Å². The van der Waals surface area contributed by atoms with Gasteiger partial charge in [0.2, 0.25) is 5.91 Å². The van der Waals surface area contributed by atoms with Crippen molar-refractivity contribution in [2.24, 2.45) is 0 Å². The Morgan fingerprint density at radius 3 is 2.41 bits per heavy atom. The van der Waals surface area contributed by atoms with E-state index in [4.69, 9.17) is 11.6 Å². The Balaban J connectivity index is 1.54. The molecule has 0 aliphatic carbocycles. The molecule has 2 aliphatic heterocycles. The molecular weight excluding hydrogens is 388 g/mol. The largest absolute Gasteiger partial charge is 0.355 e. The maximum atomic E-state index is 12.5. The average Bonchev–Trinajstić information content (AvgIpc) is 3.37. The standard InChI is InChI=1S/C21H21ClN6O/c1-13-20-16(14-4-6-15(22)7-5-14)12-19(29)23-21(20)28(26-13)18-9-8-17(24-25-18)27-10-2-3-11-27/h4-9,16H,2-3,10-12H2,1H3,(H,23,29)/t16-/m1/s1. The normalized spacial score (nSPS) is 18.6. The summed E-state index contributed by atoms with van der Waals surface area (Å²) in [5.74, 6) is 2.03. The highest BCUT2D eigenvalue weighted by Gasteiger charge is 2.33. The van der Waals surface area contributed by atoms with Crippen LogP contribution in [-0.4, -0.2) is 39.0 Å². The van der Waals surface area contributed by atoms with E-state index in [9.17, 15) is 4.79 Å². The van der Waals surface area contributed by atoms with Gasteiger partial charge in [-0.25, -0.2) is 0 Å². The Bertz CT molecular complexity index is 1050. The van der Waals surface area contributed by atoms with E-state index in [0.717, 1.165) is 35.7 Å². The van der Waals surface area contributed by atoms with Crippen molar-refractivity contribution in [2.75, 3.05) is 23.3 Å². The molecule has 29 heavy (non-hydrogen) atoms. The fourth-order valence-corrected chi connectivity index (χ4v) is 4.36. The van der Waals surface area contributed by atoms with Gasteiger partial charge < -0.3 is 10.2 Å². The number of hydrogen-bond donors (Lipinski definition) is 1. The molecule has 1 fully saturated rings. The number of carbonyl (C=O) groups excluding carboxylic acids is 1. The van der Waals surface area contributed by atoms with Crippen molar-refractivity contribution < 1.29 is 4.79 Å². The number of carbonyl (C=O) groups is 1. The Kier molecular flexibility index (Phi) is 4.47. The van der Waals surface area contributed by atoms with Crippen molar-refractivity contribution in [3.8, 4) is 5.82 Å². The maximum Gasteiger partial charge on any atom is 0.226 e. The van der Waals surface area contributed by atoms with Gasteiger partial charge >= 0.3 is 0 Å². The number of hydrogen-bond acceptors (Lipinski definition) is 5. The molecule has 0 unspecified atom stereocenters. The second kappa shape index (κ2) is 7.15. The minimum Gasteiger partial charge on any atom is -0.355 e. The lowest BCUT2D eigenvalue weighted by atomic mass is 9.86. The predicted molar refractivity (Wildman–Crippen MR) is 112 cm³/mol. The van der Waals surface area contributed by atoms with Gasteiger partial charge in [0.05, 0.1) is 5.69 Å². The minimum absolute atomic E-state index is 0.0414. The number of rotatable bonds is 3. The van der Waals surface area contributed by atoms with E-state index < -0.39 is 0 Å². The van der Waals surface area contributed by atoms with E-state index in [-0.39, 0.29) is 11.8 Å². The zero-order chi connectivity index (χ0) is 20.0. The second-order valence-corrected chi connectivity index (χ2v) is 8.00. The van der Waals surface area contributed by atoms with E-state index >= 15 is 0 Å². The molecule has 2 aromatic heterocycles. The second-order valence-electron chi connectivity index (χ2n) is 7.56. The quantitative estimate of drug-likeness (QED) is 0.715. The van der Waals surface area contributed by atoms with Crippen molar-refractivity contribution in [3.63, 3.8) is 0 Å². The van der Waals surface area contributed by atoms with E-state index in [0.29, 0.717) is 23.1 Å². The number of amides is 1. The molecule has 4 heterocycles. The van der Waals surface area contributed by atoms with Crippen molar-refractivity contribution in [1.29, 1.82) is 0 Å². The van der Waals surface area contributed by atoms with Crippen LogP contribution in [0.2, 0.25) is 5.02 Å². The third-order valence-corrected chi connectivity index (χ3v) is 5.91. The van der Waals surface area contributed by atoms with Crippen LogP contribution in [0.1, 0.15) is 42.0 Å². The van der Waals surface area contributed by atoms with Gasteiger partial charge in [0, 0.05) is 36.0 Å². The Hall–Kier alpha value is -2.93. The van der Waals surface area contributed by atoms with Crippen LogP contribution < -0.4 is 10.2 Å². The molecule has 1 saturated heterocycles. The third kappa shape index (κ3) is 3.25. The number of aromatic nitrogens is 4. The van der Waals surface area contributed by atoms with Gasteiger partial charge in [-0.3, -0.25) is 4.79 Å². The number of anilines is 2. The number of benzene rings is 1. The zero-order valence-electron chi connectivity index (χ0n) is 16.1. The van der Waals surface area contributed by atoms with Crippen molar-refractivity contribution in [1.82, 2.24) is 20.0 Å². The zero-order valence-corrected chi connectivity index (χ0v) is 16.9. The summed E-state index contributed by atoms with van der Waals surface area (Å²) in [7, 11) is 0. The highest BCUT2D eigenvalue weighted by Crippen LogP contribution is 2.40. The Morgan fingerprint density at radius 1 is 1.03 bits per heavy atom. The van der Waals surface area contributed by atoms with Gasteiger partial charge in [0.15, 0.2) is 11.6 Å². The number of nitrogens with one attached hydrogen (secondary N) is 1. The van der Waals surface area contributed by atoms with Crippen LogP contribution in [0.5, 0.6) is 0 Å². The van der Waals surface area contributed by atoms with Gasteiger partial charge in [-0.15, -0.1) is 10.2 Å². The van der Waals surface area contributed by atoms with Crippen molar-refractivity contribution >= 4 is 29.1 Å². The Labute approximate surface area is 173 Å². The number of nitrogens with zero attached hydrogens (tertiary/aromatic N) is 5. The number of halogens is 1. The first-order valence-corrected chi connectivity index (χ1v) is 10.2. The van der Waals surface area contributed by atoms with Crippen LogP contribution in [0.25, 0.3) is 5.82 Å². The molecule has 0 bridgehead atoms. The van der Waals surface area contributed by atoms with E-state index in [1.54, 1.807) is 4.68 Å². The van der Waals surface area contributed by atoms with Gasteiger partial charge in [0.25, 0.3) is 0 Å². The molecule has 2 aliphatic rings. The van der Waals surface area contributed by atoms with Crippen molar-refractivity contribution in [3.05, 3.63) is 58.2 Å². The van der Waals surface area contributed by atoms with Crippen LogP contribution in [-0.2, 0) is 4.79 Å². The van der Waals surface area contributed by atoms with E-state index in [2.05, 4.69) is 25.5 Å². The molecule has 0 radical (unpaired) electrons. The lowest BCUT2D eigenvalue weighted by molar-refractivity contribution is -0.116. The predicted octanol–water partition coefficient (Wildman–Crippen LogP) is 3.70. The summed E-state index contributed by atoms with van der Waals surface area (Å²) in [6.07, 6.45) is 2.75. The average molecular weight is 409 g/mol. The van der Waals surface area contributed by atoms with E-state index in [1.165, 1.54) is 12.8 Å². The lowest BCUT2D eigenvalue weighted by Gasteiger charge is -2.24. The van der Waals surface area contributed by atoms with Gasteiger partial charge in [-0.1, -0.05) is 23.7 Å². The topological polar surface area (TPSA) is 75.9 Å². The summed E-state index contributed by atoms with van der Waals surface area (Å²) in [4.78, 5) is 14.7. The lowest BCUT2D eigenvalue weighted by Crippen LogP contribution is -2.25. The highest BCUT2D eigenvalue weighted by atomic mass is 35.5. The van der Waals surface area contributed by atoms with Crippen molar-refractivity contribution in [2.45, 2.75) is 32.1 Å². The van der Waals surface area contributed by atoms with Crippen LogP contribution in [0.4, 0.5) is 11.6 Å². The molecule has 1 N–H and O–H groups in total. The monoisotopic (exact) mass is 408 g/mol. The fraction of sp³-hybridized carbons (Fsp3) is 0.333. The first-order valence-electron chi connectivity index (χ1n) is 9.84. The fourth-order valence-electron chi connectivity index (χ4n) is 4.24. The first-order chi connectivity index (χ1) is 14.1. The minimum atomic E-state index is -0.0680. The summed E-state index contributed by atoms with van der Waals surface area (Å²) >= 11 is 6.04. The molecule has 5 rings (SSSR count). The summed E-state index contributed by atoms with van der Waals surface area (Å²) in [6.45, 7) is 3.99. The third-order valence-electron chi connectivity index (χ3n) is 5.66.